The maximum absolute atomic E-state index is 13.5. The Morgan fingerprint density at radius 2 is 1.82 bits per heavy atom. The van der Waals surface area contributed by atoms with Crippen LogP contribution in [-0.4, -0.2) is 37.1 Å². The van der Waals surface area contributed by atoms with Crippen LogP contribution in [0.4, 0.5) is 18.9 Å². The van der Waals surface area contributed by atoms with Gasteiger partial charge in [0.1, 0.15) is 11.4 Å². The number of rotatable bonds is 5. The van der Waals surface area contributed by atoms with Gasteiger partial charge in [0, 0.05) is 35.2 Å². The number of amides is 1. The van der Waals surface area contributed by atoms with Crippen molar-refractivity contribution in [1.82, 2.24) is 10.3 Å². The van der Waals surface area contributed by atoms with Crippen molar-refractivity contribution in [3.05, 3.63) is 64.8 Å². The molecule has 34 heavy (non-hydrogen) atoms. The molecule has 2 aromatic carbocycles. The number of aromatic nitrogens is 1. The molecule has 180 valence electrons. The molecule has 1 heterocycles. The van der Waals surface area contributed by atoms with Crippen LogP contribution in [0.25, 0.3) is 10.9 Å². The molecule has 0 unspecified atom stereocenters. The average molecular weight is 492 g/mol. The van der Waals surface area contributed by atoms with E-state index in [0.717, 1.165) is 18.9 Å². The van der Waals surface area contributed by atoms with Crippen molar-refractivity contribution in [2.24, 2.45) is 0 Å². The largest absolute Gasteiger partial charge is 0.496 e. The predicted octanol–water partition coefficient (Wildman–Crippen LogP) is 6.09. The Morgan fingerprint density at radius 3 is 2.50 bits per heavy atom. The Morgan fingerprint density at radius 1 is 1.12 bits per heavy atom. The third-order valence-electron chi connectivity index (χ3n) is 6.35. The van der Waals surface area contributed by atoms with Crippen LogP contribution in [0.2, 0.25) is 5.02 Å². The summed E-state index contributed by atoms with van der Waals surface area (Å²) in [5.74, 6) is 0.316. The van der Waals surface area contributed by atoms with E-state index in [9.17, 15) is 18.0 Å². The minimum atomic E-state index is -4.55. The topological polar surface area (TPSA) is 54.5 Å². The molecule has 1 amide bonds. The van der Waals surface area contributed by atoms with Crippen LogP contribution in [0.3, 0.4) is 0 Å². The fourth-order valence-corrected chi connectivity index (χ4v) is 4.69. The third kappa shape index (κ3) is 5.06. The van der Waals surface area contributed by atoms with Crippen molar-refractivity contribution in [3.63, 3.8) is 0 Å². The average Bonchev–Trinajstić information content (AvgIpc) is 2.82. The molecule has 3 aromatic rings. The van der Waals surface area contributed by atoms with Gasteiger partial charge in [-0.25, -0.2) is 4.98 Å². The maximum Gasteiger partial charge on any atom is 0.433 e. The second kappa shape index (κ2) is 9.70. The zero-order valence-corrected chi connectivity index (χ0v) is 19.6. The Kier molecular flexibility index (Phi) is 6.89. The summed E-state index contributed by atoms with van der Waals surface area (Å²) in [6.45, 7) is 0. The van der Waals surface area contributed by atoms with Crippen molar-refractivity contribution in [3.8, 4) is 5.75 Å². The number of carbonyl (C=O) groups is 1. The zero-order chi connectivity index (χ0) is 24.5. The first-order valence-electron chi connectivity index (χ1n) is 11.0. The van der Waals surface area contributed by atoms with Crippen molar-refractivity contribution in [1.29, 1.82) is 0 Å². The summed E-state index contributed by atoms with van der Waals surface area (Å²) in [5, 5.41) is 4.08. The molecule has 5 nitrogen and oxygen atoms in total. The van der Waals surface area contributed by atoms with E-state index in [1.165, 1.54) is 19.2 Å². The van der Waals surface area contributed by atoms with Crippen LogP contribution in [0.1, 0.15) is 41.7 Å². The molecule has 0 spiro atoms. The predicted molar refractivity (Wildman–Crippen MR) is 127 cm³/mol. The number of nitrogens with one attached hydrogen (secondary N) is 1. The fourth-order valence-electron chi connectivity index (χ4n) is 4.52. The zero-order valence-electron chi connectivity index (χ0n) is 18.8. The van der Waals surface area contributed by atoms with Gasteiger partial charge < -0.3 is 15.0 Å². The molecule has 0 radical (unpaired) electrons. The van der Waals surface area contributed by atoms with E-state index in [4.69, 9.17) is 16.3 Å². The van der Waals surface area contributed by atoms with Gasteiger partial charge >= 0.3 is 6.18 Å². The summed E-state index contributed by atoms with van der Waals surface area (Å²) in [6, 6.07) is 12.8. The van der Waals surface area contributed by atoms with Gasteiger partial charge in [0.15, 0.2) is 0 Å². The molecule has 0 atom stereocenters. The van der Waals surface area contributed by atoms with E-state index in [1.807, 2.05) is 4.90 Å². The van der Waals surface area contributed by atoms with Gasteiger partial charge in [-0.05, 0) is 62.1 Å². The van der Waals surface area contributed by atoms with E-state index < -0.39 is 11.9 Å². The lowest BCUT2D eigenvalue weighted by molar-refractivity contribution is -0.140. The number of carbonyl (C=O) groups excluding carboxylic acids is 1. The standard InChI is InChI=1S/C25H25ClF3N3O2/c1-32(21-14-23(25(27,28)29)31-20-12-7-15(26)13-19(20)21)17-10-8-16(9-11-17)30-24(33)18-5-3-4-6-22(18)34-2/h3-7,12-14,16-17H,8-11H2,1-2H3,(H,30,33)/t16-,17+. The number of halogens is 4. The SMILES string of the molecule is COc1ccccc1C(=O)N[C@H]1CC[C@@H](N(C)c2cc(C(F)(F)F)nc3ccc(Cl)cc23)CC1. The van der Waals surface area contributed by atoms with Crippen molar-refractivity contribution < 1.29 is 22.7 Å². The van der Waals surface area contributed by atoms with Crippen LogP contribution in [0.5, 0.6) is 5.75 Å². The van der Waals surface area contributed by atoms with Gasteiger partial charge in [-0.3, -0.25) is 4.79 Å². The first kappa shape index (κ1) is 24.1. The number of alkyl halides is 3. The molecule has 0 aliphatic heterocycles. The smallest absolute Gasteiger partial charge is 0.433 e. The minimum Gasteiger partial charge on any atom is -0.496 e. The lowest BCUT2D eigenvalue weighted by atomic mass is 9.89. The first-order chi connectivity index (χ1) is 16.2. The van der Waals surface area contributed by atoms with Crippen molar-refractivity contribution in [2.45, 2.75) is 43.9 Å². The molecule has 0 bridgehead atoms. The van der Waals surface area contributed by atoms with Gasteiger partial charge in [-0.2, -0.15) is 13.2 Å². The van der Waals surface area contributed by atoms with Gasteiger partial charge in [0.2, 0.25) is 0 Å². The van der Waals surface area contributed by atoms with E-state index in [-0.39, 0.29) is 23.5 Å². The monoisotopic (exact) mass is 491 g/mol. The summed E-state index contributed by atoms with van der Waals surface area (Å²) >= 11 is 6.13. The Balaban J connectivity index is 1.50. The van der Waals surface area contributed by atoms with E-state index in [2.05, 4.69) is 10.3 Å². The Labute approximate surface area is 200 Å². The fraction of sp³-hybridized carbons (Fsp3) is 0.360. The van der Waals surface area contributed by atoms with Crippen LogP contribution in [0, 0.1) is 0 Å². The van der Waals surface area contributed by atoms with E-state index in [1.54, 1.807) is 37.4 Å². The summed E-state index contributed by atoms with van der Waals surface area (Å²) < 4.78 is 45.7. The molecule has 1 N–H and O–H groups in total. The number of benzene rings is 2. The quantitative estimate of drug-likeness (QED) is 0.469. The second-order valence-electron chi connectivity index (χ2n) is 8.48. The van der Waals surface area contributed by atoms with Crippen LogP contribution >= 0.6 is 11.6 Å². The second-order valence-corrected chi connectivity index (χ2v) is 8.91. The number of fused-ring (bicyclic) bond motifs is 1. The lowest BCUT2D eigenvalue weighted by Gasteiger charge is -2.37. The normalized spacial score (nSPS) is 18.5. The molecule has 4 rings (SSSR count). The Hall–Kier alpha value is -3.00. The molecule has 1 aromatic heterocycles. The summed E-state index contributed by atoms with van der Waals surface area (Å²) in [4.78, 5) is 18.4. The van der Waals surface area contributed by atoms with E-state index in [0.29, 0.717) is 40.3 Å². The minimum absolute atomic E-state index is 0.0172. The molecule has 9 heteroatoms. The van der Waals surface area contributed by atoms with Crippen LogP contribution < -0.4 is 15.0 Å². The highest BCUT2D eigenvalue weighted by atomic mass is 35.5. The van der Waals surface area contributed by atoms with Crippen LogP contribution in [0.15, 0.2) is 48.5 Å². The Bertz CT molecular complexity index is 1190. The van der Waals surface area contributed by atoms with Crippen molar-refractivity contribution >= 4 is 34.1 Å². The molecular weight excluding hydrogens is 467 g/mol. The van der Waals surface area contributed by atoms with Gasteiger partial charge in [-0.1, -0.05) is 23.7 Å². The number of hydrogen-bond donors (Lipinski definition) is 1. The molecular formula is C25H25ClF3N3O2. The van der Waals surface area contributed by atoms with Crippen LogP contribution in [-0.2, 0) is 6.18 Å². The van der Waals surface area contributed by atoms with Crippen molar-refractivity contribution in [2.75, 3.05) is 19.1 Å². The summed E-state index contributed by atoms with van der Waals surface area (Å²) in [5.41, 5.74) is 0.242. The summed E-state index contributed by atoms with van der Waals surface area (Å²) in [6.07, 6.45) is -1.68. The number of nitrogens with zero attached hydrogens (tertiary/aromatic N) is 2. The lowest BCUT2D eigenvalue weighted by Crippen LogP contribution is -2.43. The number of pyridine rings is 1. The van der Waals surface area contributed by atoms with Gasteiger partial charge in [0.25, 0.3) is 5.91 Å². The highest BCUT2D eigenvalue weighted by molar-refractivity contribution is 6.31. The number of methoxy groups -OCH3 is 1. The molecule has 1 fully saturated rings. The third-order valence-corrected chi connectivity index (χ3v) is 6.59. The van der Waals surface area contributed by atoms with E-state index >= 15 is 0 Å². The number of anilines is 1. The molecule has 1 saturated carbocycles. The highest BCUT2D eigenvalue weighted by Gasteiger charge is 2.35. The number of para-hydroxylation sites is 1. The highest BCUT2D eigenvalue weighted by Crippen LogP contribution is 2.37. The maximum atomic E-state index is 13.5. The number of ether oxygens (including phenoxy) is 1. The van der Waals surface area contributed by atoms with Gasteiger partial charge in [0.05, 0.1) is 18.2 Å². The molecule has 0 saturated heterocycles. The summed E-state index contributed by atoms with van der Waals surface area (Å²) in [7, 11) is 3.32. The number of hydrogen-bond acceptors (Lipinski definition) is 4. The molecule has 1 aliphatic carbocycles. The first-order valence-corrected chi connectivity index (χ1v) is 11.4. The molecule has 1 aliphatic rings. The van der Waals surface area contributed by atoms with Gasteiger partial charge in [-0.15, -0.1) is 0 Å².